The van der Waals surface area contributed by atoms with E-state index in [2.05, 4.69) is 15.6 Å². The molecule has 0 radical (unpaired) electrons. The van der Waals surface area contributed by atoms with E-state index in [-0.39, 0.29) is 17.7 Å². The molecule has 0 unspecified atom stereocenters. The smallest absolute Gasteiger partial charge is 0.335 e. The van der Waals surface area contributed by atoms with Crippen LogP contribution in [-0.2, 0) is 11.3 Å². The molecule has 0 aliphatic heterocycles. The van der Waals surface area contributed by atoms with Crippen LogP contribution in [0.25, 0.3) is 0 Å². The van der Waals surface area contributed by atoms with Gasteiger partial charge in [-0.15, -0.1) is 0 Å². The van der Waals surface area contributed by atoms with Gasteiger partial charge in [-0.1, -0.05) is 6.07 Å². The van der Waals surface area contributed by atoms with Crippen LogP contribution in [0.3, 0.4) is 0 Å². The predicted molar refractivity (Wildman–Crippen MR) is 86.8 cm³/mol. The van der Waals surface area contributed by atoms with Crippen molar-refractivity contribution >= 4 is 17.6 Å². The van der Waals surface area contributed by atoms with Crippen molar-refractivity contribution in [2.24, 2.45) is 0 Å². The fourth-order valence-corrected chi connectivity index (χ4v) is 1.79. The molecule has 3 N–H and O–H groups in total. The minimum atomic E-state index is -1.02. The van der Waals surface area contributed by atoms with E-state index in [0.29, 0.717) is 5.69 Å². The van der Waals surface area contributed by atoms with Gasteiger partial charge in [0.1, 0.15) is 11.6 Å². The summed E-state index contributed by atoms with van der Waals surface area (Å²) >= 11 is 0. The molecule has 0 bridgehead atoms. The Morgan fingerprint density at radius 1 is 1.25 bits per heavy atom. The Bertz CT molecular complexity index is 793. The van der Waals surface area contributed by atoms with Crippen molar-refractivity contribution in [3.63, 3.8) is 0 Å². The SMILES string of the molecule is N#C/C(=C/Nc1ccc(C(=O)O)cc1)C(=O)NCc1cccnc1. The fraction of sp³-hybridized carbons (Fsp3) is 0.0588. The highest BCUT2D eigenvalue weighted by Gasteiger charge is 2.08. The minimum absolute atomic E-state index is 0.0961. The molecular formula is C17H14N4O3. The maximum atomic E-state index is 12.0. The highest BCUT2D eigenvalue weighted by molar-refractivity contribution is 5.97. The standard InChI is InChI=1S/C17H14N4O3/c18-8-14(16(22)21-10-12-2-1-7-19-9-12)11-20-15-5-3-13(4-6-15)17(23)24/h1-7,9,11,20H,10H2,(H,21,22)(H,23,24)/b14-11-. The fourth-order valence-electron chi connectivity index (χ4n) is 1.79. The van der Waals surface area contributed by atoms with Crippen molar-refractivity contribution in [1.82, 2.24) is 10.3 Å². The van der Waals surface area contributed by atoms with Crippen molar-refractivity contribution in [3.05, 3.63) is 71.7 Å². The Hall–Kier alpha value is -3.66. The molecule has 120 valence electrons. The van der Waals surface area contributed by atoms with Crippen molar-refractivity contribution < 1.29 is 14.7 Å². The number of carbonyl (C=O) groups is 2. The van der Waals surface area contributed by atoms with E-state index >= 15 is 0 Å². The first-order valence-electron chi connectivity index (χ1n) is 6.97. The van der Waals surface area contributed by atoms with Gasteiger partial charge in [-0.25, -0.2) is 4.79 Å². The molecule has 2 aromatic rings. The molecule has 0 spiro atoms. The Morgan fingerprint density at radius 3 is 2.58 bits per heavy atom. The molecule has 0 fully saturated rings. The number of benzene rings is 1. The van der Waals surface area contributed by atoms with Gasteiger partial charge in [-0.05, 0) is 35.9 Å². The molecule has 1 amide bonds. The lowest BCUT2D eigenvalue weighted by Crippen LogP contribution is -2.24. The van der Waals surface area contributed by atoms with Gasteiger partial charge in [-0.2, -0.15) is 5.26 Å². The number of hydrogen-bond donors (Lipinski definition) is 3. The number of rotatable bonds is 6. The lowest BCUT2D eigenvalue weighted by molar-refractivity contribution is -0.117. The number of aromatic carboxylic acids is 1. The lowest BCUT2D eigenvalue weighted by atomic mass is 10.2. The van der Waals surface area contributed by atoms with Gasteiger partial charge in [0.2, 0.25) is 0 Å². The summed E-state index contributed by atoms with van der Waals surface area (Å²) in [6.07, 6.45) is 4.53. The molecule has 24 heavy (non-hydrogen) atoms. The van der Waals surface area contributed by atoms with Crippen LogP contribution in [0, 0.1) is 11.3 Å². The van der Waals surface area contributed by atoms with Gasteiger partial charge in [0, 0.05) is 30.8 Å². The van der Waals surface area contributed by atoms with Gasteiger partial charge < -0.3 is 15.7 Å². The number of aromatic nitrogens is 1. The number of amides is 1. The van der Waals surface area contributed by atoms with Crippen LogP contribution in [0.2, 0.25) is 0 Å². The number of nitrogens with zero attached hydrogens (tertiary/aromatic N) is 2. The first kappa shape index (κ1) is 16.7. The zero-order valence-corrected chi connectivity index (χ0v) is 12.6. The second-order valence-corrected chi connectivity index (χ2v) is 4.74. The third-order valence-corrected chi connectivity index (χ3v) is 3.06. The van der Waals surface area contributed by atoms with Crippen LogP contribution in [0.5, 0.6) is 0 Å². The Kier molecular flexibility index (Phi) is 5.64. The van der Waals surface area contributed by atoms with Gasteiger partial charge >= 0.3 is 5.97 Å². The summed E-state index contributed by atoms with van der Waals surface area (Å²) in [7, 11) is 0. The van der Waals surface area contributed by atoms with E-state index in [1.165, 1.54) is 18.3 Å². The van der Waals surface area contributed by atoms with Gasteiger partial charge in [0.15, 0.2) is 0 Å². The van der Waals surface area contributed by atoms with Crippen LogP contribution in [0.15, 0.2) is 60.6 Å². The lowest BCUT2D eigenvalue weighted by Gasteiger charge is -2.05. The highest BCUT2D eigenvalue weighted by Crippen LogP contribution is 2.10. The number of carbonyl (C=O) groups excluding carboxylic acids is 1. The zero-order valence-electron chi connectivity index (χ0n) is 12.6. The summed E-state index contributed by atoms with van der Waals surface area (Å²) in [5.74, 6) is -1.54. The van der Waals surface area contributed by atoms with Crippen LogP contribution >= 0.6 is 0 Å². The highest BCUT2D eigenvalue weighted by atomic mass is 16.4. The second kappa shape index (κ2) is 8.10. The topological polar surface area (TPSA) is 115 Å². The van der Waals surface area contributed by atoms with E-state index in [1.807, 2.05) is 12.1 Å². The number of nitriles is 1. The normalized spacial score (nSPS) is 10.5. The first-order valence-corrected chi connectivity index (χ1v) is 6.97. The largest absolute Gasteiger partial charge is 0.478 e. The Morgan fingerprint density at radius 2 is 2.00 bits per heavy atom. The van der Waals surface area contributed by atoms with Crippen molar-refractivity contribution in [2.75, 3.05) is 5.32 Å². The van der Waals surface area contributed by atoms with E-state index < -0.39 is 11.9 Å². The van der Waals surface area contributed by atoms with Crippen molar-refractivity contribution in [3.8, 4) is 6.07 Å². The number of pyridine rings is 1. The quantitative estimate of drug-likeness (QED) is 0.553. The molecule has 7 nitrogen and oxygen atoms in total. The minimum Gasteiger partial charge on any atom is -0.478 e. The average molecular weight is 322 g/mol. The molecule has 0 saturated carbocycles. The molecule has 0 saturated heterocycles. The van der Waals surface area contributed by atoms with Gasteiger partial charge in [-0.3, -0.25) is 9.78 Å². The van der Waals surface area contributed by atoms with Crippen LogP contribution in [-0.4, -0.2) is 22.0 Å². The number of anilines is 1. The molecular weight excluding hydrogens is 308 g/mol. The van der Waals surface area contributed by atoms with Crippen LogP contribution < -0.4 is 10.6 Å². The van der Waals surface area contributed by atoms with Crippen molar-refractivity contribution in [2.45, 2.75) is 6.54 Å². The molecule has 0 aliphatic rings. The number of hydrogen-bond acceptors (Lipinski definition) is 5. The Balaban J connectivity index is 1.96. The third-order valence-electron chi connectivity index (χ3n) is 3.06. The Labute approximate surface area is 138 Å². The monoisotopic (exact) mass is 322 g/mol. The van der Waals surface area contributed by atoms with E-state index in [4.69, 9.17) is 10.4 Å². The summed E-state index contributed by atoms with van der Waals surface area (Å²) in [5.41, 5.74) is 1.44. The molecule has 1 aromatic heterocycles. The molecule has 1 aromatic carbocycles. The molecule has 1 heterocycles. The van der Waals surface area contributed by atoms with Gasteiger partial charge in [0.05, 0.1) is 5.56 Å². The summed E-state index contributed by atoms with van der Waals surface area (Å²) in [6, 6.07) is 11.3. The number of carboxylic acids is 1. The van der Waals surface area contributed by atoms with E-state index in [1.54, 1.807) is 30.6 Å². The number of carboxylic acid groups (broad SMARTS) is 1. The summed E-state index contributed by atoms with van der Waals surface area (Å²) in [6.45, 7) is 0.263. The van der Waals surface area contributed by atoms with Gasteiger partial charge in [0.25, 0.3) is 5.91 Å². The average Bonchev–Trinajstić information content (AvgIpc) is 2.61. The summed E-state index contributed by atoms with van der Waals surface area (Å²) in [5, 5.41) is 23.3. The molecule has 2 rings (SSSR count). The molecule has 0 aliphatic carbocycles. The van der Waals surface area contributed by atoms with Crippen molar-refractivity contribution in [1.29, 1.82) is 5.26 Å². The third kappa shape index (κ3) is 4.68. The maximum Gasteiger partial charge on any atom is 0.335 e. The first-order chi connectivity index (χ1) is 11.6. The van der Waals surface area contributed by atoms with E-state index in [0.717, 1.165) is 5.56 Å². The molecule has 7 heteroatoms. The summed E-state index contributed by atoms with van der Waals surface area (Å²) in [4.78, 5) is 26.7. The van der Waals surface area contributed by atoms with E-state index in [9.17, 15) is 9.59 Å². The van der Waals surface area contributed by atoms with Crippen LogP contribution in [0.4, 0.5) is 5.69 Å². The second-order valence-electron chi connectivity index (χ2n) is 4.74. The zero-order chi connectivity index (χ0) is 17.4. The van der Waals surface area contributed by atoms with Crippen LogP contribution in [0.1, 0.15) is 15.9 Å². The summed E-state index contributed by atoms with van der Waals surface area (Å²) < 4.78 is 0. The maximum absolute atomic E-state index is 12.0. The number of nitrogens with one attached hydrogen (secondary N) is 2. The predicted octanol–water partition coefficient (Wildman–Crippen LogP) is 1.92. The molecule has 0 atom stereocenters.